The van der Waals surface area contributed by atoms with Crippen molar-refractivity contribution >= 4 is 5.69 Å². The van der Waals surface area contributed by atoms with Crippen molar-refractivity contribution in [2.45, 2.75) is 31.8 Å². The number of nitrogens with two attached hydrogens (primary N) is 1. The highest BCUT2D eigenvalue weighted by atomic mass is 16.5. The molecule has 0 aliphatic carbocycles. The molecule has 0 spiro atoms. The third-order valence-corrected chi connectivity index (χ3v) is 4.62. The summed E-state index contributed by atoms with van der Waals surface area (Å²) in [5, 5.41) is 0. The molecule has 2 N–H and O–H groups in total. The Morgan fingerprint density at radius 3 is 2.75 bits per heavy atom. The summed E-state index contributed by atoms with van der Waals surface area (Å²) in [5.41, 5.74) is 7.33. The number of benzene rings is 1. The maximum Gasteiger partial charge on any atom is 0.120 e. The fourth-order valence-corrected chi connectivity index (χ4v) is 3.00. The average Bonchev–Trinajstić information content (AvgIpc) is 2.92. The van der Waals surface area contributed by atoms with Gasteiger partial charge >= 0.3 is 0 Å². The molecule has 0 amide bonds. The van der Waals surface area contributed by atoms with Crippen LogP contribution in [0.5, 0.6) is 5.75 Å². The lowest BCUT2D eigenvalue weighted by Crippen LogP contribution is -2.54. The highest BCUT2D eigenvalue weighted by Gasteiger charge is 2.41. The Balaban J connectivity index is 2.23. The molecule has 0 saturated carbocycles. The van der Waals surface area contributed by atoms with E-state index in [9.17, 15) is 0 Å². The Labute approximate surface area is 122 Å². The molecule has 1 heterocycles. The van der Waals surface area contributed by atoms with E-state index in [0.29, 0.717) is 12.6 Å². The highest BCUT2D eigenvalue weighted by molar-refractivity contribution is 5.53. The molecule has 0 aromatic heterocycles. The summed E-state index contributed by atoms with van der Waals surface area (Å²) < 4.78 is 5.33. The lowest BCUT2D eigenvalue weighted by atomic mass is 9.96. The van der Waals surface area contributed by atoms with Crippen LogP contribution < -0.4 is 15.4 Å². The number of nitrogens with zero attached hydrogens (tertiary/aromatic N) is 2. The molecular weight excluding hydrogens is 250 g/mol. The molecule has 1 saturated heterocycles. The van der Waals surface area contributed by atoms with Gasteiger partial charge in [0.2, 0.25) is 0 Å². The van der Waals surface area contributed by atoms with Crippen LogP contribution in [0.15, 0.2) is 24.3 Å². The van der Waals surface area contributed by atoms with Gasteiger partial charge in [0.1, 0.15) is 5.75 Å². The zero-order valence-corrected chi connectivity index (χ0v) is 13.1. The molecule has 1 atom stereocenters. The second-order valence-electron chi connectivity index (χ2n) is 6.00. The topological polar surface area (TPSA) is 41.7 Å². The first-order valence-electron chi connectivity index (χ1n) is 7.34. The minimum absolute atomic E-state index is 0.0244. The van der Waals surface area contributed by atoms with Gasteiger partial charge in [0.15, 0.2) is 0 Å². The number of rotatable bonds is 5. The van der Waals surface area contributed by atoms with Gasteiger partial charge in [0.05, 0.1) is 12.6 Å². The molecule has 1 fully saturated rings. The Morgan fingerprint density at radius 2 is 2.20 bits per heavy atom. The van der Waals surface area contributed by atoms with E-state index < -0.39 is 0 Å². The lowest BCUT2D eigenvalue weighted by molar-refractivity contribution is 0.255. The van der Waals surface area contributed by atoms with Crippen molar-refractivity contribution in [3.63, 3.8) is 0 Å². The lowest BCUT2D eigenvalue weighted by Gasteiger charge is -2.40. The molecule has 1 aromatic carbocycles. The van der Waals surface area contributed by atoms with Gasteiger partial charge in [0.25, 0.3) is 0 Å². The summed E-state index contributed by atoms with van der Waals surface area (Å²) in [7, 11) is 3.85. The smallest absolute Gasteiger partial charge is 0.120 e. The van der Waals surface area contributed by atoms with Crippen LogP contribution in [0.25, 0.3) is 0 Å². The number of ether oxygens (including phenoxy) is 1. The van der Waals surface area contributed by atoms with Crippen LogP contribution in [0, 0.1) is 0 Å². The van der Waals surface area contributed by atoms with Gasteiger partial charge in [-0.1, -0.05) is 6.07 Å². The summed E-state index contributed by atoms with van der Waals surface area (Å²) in [6.45, 7) is 7.30. The Kier molecular flexibility index (Phi) is 4.55. The first kappa shape index (κ1) is 15.1. The van der Waals surface area contributed by atoms with E-state index in [-0.39, 0.29) is 5.54 Å². The number of methoxy groups -OCH3 is 1. The van der Waals surface area contributed by atoms with Gasteiger partial charge in [-0.15, -0.1) is 0 Å². The van der Waals surface area contributed by atoms with Crippen molar-refractivity contribution in [2.24, 2.45) is 5.73 Å². The van der Waals surface area contributed by atoms with Crippen molar-refractivity contribution in [3.05, 3.63) is 24.3 Å². The number of likely N-dealkylation sites (N-methyl/N-ethyl adjacent to an activating group) is 1. The van der Waals surface area contributed by atoms with E-state index in [1.54, 1.807) is 7.11 Å². The Morgan fingerprint density at radius 1 is 1.45 bits per heavy atom. The molecule has 112 valence electrons. The summed E-state index contributed by atoms with van der Waals surface area (Å²) in [4.78, 5) is 4.83. The van der Waals surface area contributed by atoms with Crippen LogP contribution in [0.2, 0.25) is 0 Å². The fourth-order valence-electron chi connectivity index (χ4n) is 3.00. The SMILES string of the molecule is COc1cccc(N(C)C2(CN)CCN(C(C)C)C2)c1. The third-order valence-electron chi connectivity index (χ3n) is 4.62. The van der Waals surface area contributed by atoms with Crippen molar-refractivity contribution < 1.29 is 4.74 Å². The van der Waals surface area contributed by atoms with Gasteiger partial charge in [-0.25, -0.2) is 0 Å². The molecule has 1 aliphatic heterocycles. The number of anilines is 1. The van der Waals surface area contributed by atoms with E-state index in [1.807, 2.05) is 12.1 Å². The molecule has 1 aromatic rings. The minimum atomic E-state index is 0.0244. The summed E-state index contributed by atoms with van der Waals surface area (Å²) in [6.07, 6.45) is 1.11. The molecule has 4 heteroatoms. The summed E-state index contributed by atoms with van der Waals surface area (Å²) in [6, 6.07) is 8.78. The largest absolute Gasteiger partial charge is 0.497 e. The van der Waals surface area contributed by atoms with Crippen molar-refractivity contribution in [2.75, 3.05) is 38.7 Å². The van der Waals surface area contributed by atoms with Crippen molar-refractivity contribution in [1.29, 1.82) is 0 Å². The fraction of sp³-hybridized carbons (Fsp3) is 0.625. The number of hydrogen-bond donors (Lipinski definition) is 1. The van der Waals surface area contributed by atoms with Crippen LogP contribution in [0.4, 0.5) is 5.69 Å². The van der Waals surface area contributed by atoms with Gasteiger partial charge in [-0.3, -0.25) is 4.90 Å². The van der Waals surface area contributed by atoms with E-state index in [4.69, 9.17) is 10.5 Å². The van der Waals surface area contributed by atoms with Crippen LogP contribution >= 0.6 is 0 Å². The van der Waals surface area contributed by atoms with E-state index >= 15 is 0 Å². The zero-order chi connectivity index (χ0) is 14.8. The van der Waals surface area contributed by atoms with E-state index in [2.05, 4.69) is 42.8 Å². The second-order valence-corrected chi connectivity index (χ2v) is 6.00. The molecule has 1 unspecified atom stereocenters. The maximum atomic E-state index is 6.14. The van der Waals surface area contributed by atoms with Gasteiger partial charge in [0, 0.05) is 44.5 Å². The monoisotopic (exact) mass is 277 g/mol. The molecule has 20 heavy (non-hydrogen) atoms. The highest BCUT2D eigenvalue weighted by Crippen LogP contribution is 2.32. The quantitative estimate of drug-likeness (QED) is 0.893. The first-order valence-corrected chi connectivity index (χ1v) is 7.34. The average molecular weight is 277 g/mol. The Bertz CT molecular complexity index is 449. The van der Waals surface area contributed by atoms with Crippen LogP contribution in [0.1, 0.15) is 20.3 Å². The molecule has 2 rings (SSSR count). The zero-order valence-electron chi connectivity index (χ0n) is 13.1. The standard InChI is InChI=1S/C16H27N3O/c1-13(2)19-9-8-16(11-17,12-19)18(3)14-6-5-7-15(10-14)20-4/h5-7,10,13H,8-9,11-12,17H2,1-4H3. The van der Waals surface area contributed by atoms with Crippen LogP contribution in [-0.4, -0.2) is 50.3 Å². The number of hydrogen-bond acceptors (Lipinski definition) is 4. The van der Waals surface area contributed by atoms with Crippen molar-refractivity contribution in [3.8, 4) is 5.75 Å². The van der Waals surface area contributed by atoms with Gasteiger partial charge in [-0.05, 0) is 32.4 Å². The van der Waals surface area contributed by atoms with Crippen LogP contribution in [0.3, 0.4) is 0 Å². The maximum absolute atomic E-state index is 6.14. The Hall–Kier alpha value is -1.26. The molecular formula is C16H27N3O. The molecule has 0 bridgehead atoms. The molecule has 4 nitrogen and oxygen atoms in total. The third kappa shape index (κ3) is 2.76. The van der Waals surface area contributed by atoms with Gasteiger partial charge < -0.3 is 15.4 Å². The van der Waals surface area contributed by atoms with Gasteiger partial charge in [-0.2, -0.15) is 0 Å². The predicted octanol–water partition coefficient (Wildman–Crippen LogP) is 1.94. The normalized spacial score (nSPS) is 23.3. The predicted molar refractivity (Wildman–Crippen MR) is 84.5 cm³/mol. The molecule has 1 aliphatic rings. The van der Waals surface area contributed by atoms with Crippen molar-refractivity contribution in [1.82, 2.24) is 4.90 Å². The minimum Gasteiger partial charge on any atom is -0.497 e. The second kappa shape index (κ2) is 6.02. The number of likely N-dealkylation sites (tertiary alicyclic amines) is 1. The molecule has 0 radical (unpaired) electrons. The van der Waals surface area contributed by atoms with E-state index in [0.717, 1.165) is 25.3 Å². The van der Waals surface area contributed by atoms with Crippen LogP contribution in [-0.2, 0) is 0 Å². The first-order chi connectivity index (χ1) is 9.52. The summed E-state index contributed by atoms with van der Waals surface area (Å²) in [5.74, 6) is 0.889. The van der Waals surface area contributed by atoms with E-state index in [1.165, 1.54) is 5.69 Å². The summed E-state index contributed by atoms with van der Waals surface area (Å²) >= 11 is 0.